The topological polar surface area (TPSA) is 70.1 Å². The molecule has 2 N–H and O–H groups in total. The SMILES string of the molecule is COc1ccc(N)cc1Cn1cnc2ccsc2c1=O. The Balaban J connectivity index is 2.07. The van der Waals surface area contributed by atoms with Gasteiger partial charge in [0.1, 0.15) is 10.4 Å². The smallest absolute Gasteiger partial charge is 0.271 e. The van der Waals surface area contributed by atoms with Crippen molar-refractivity contribution >= 4 is 27.2 Å². The molecule has 20 heavy (non-hydrogen) atoms. The summed E-state index contributed by atoms with van der Waals surface area (Å²) >= 11 is 1.40. The fraction of sp³-hybridized carbons (Fsp3) is 0.143. The molecule has 0 unspecified atom stereocenters. The summed E-state index contributed by atoms with van der Waals surface area (Å²) < 4.78 is 7.52. The normalized spacial score (nSPS) is 10.8. The van der Waals surface area contributed by atoms with Gasteiger partial charge < -0.3 is 10.5 Å². The van der Waals surface area contributed by atoms with Crippen LogP contribution in [-0.2, 0) is 6.54 Å². The van der Waals surface area contributed by atoms with Crippen LogP contribution in [0.25, 0.3) is 10.2 Å². The molecule has 0 saturated heterocycles. The molecule has 0 fully saturated rings. The van der Waals surface area contributed by atoms with Crippen LogP contribution in [0.3, 0.4) is 0 Å². The summed E-state index contributed by atoms with van der Waals surface area (Å²) in [7, 11) is 1.60. The van der Waals surface area contributed by atoms with Crippen LogP contribution >= 0.6 is 11.3 Å². The van der Waals surface area contributed by atoms with Crippen LogP contribution in [0.5, 0.6) is 5.75 Å². The minimum atomic E-state index is -0.0468. The van der Waals surface area contributed by atoms with E-state index < -0.39 is 0 Å². The zero-order chi connectivity index (χ0) is 14.1. The quantitative estimate of drug-likeness (QED) is 0.749. The number of anilines is 1. The summed E-state index contributed by atoms with van der Waals surface area (Å²) in [5.41, 5.74) is 7.97. The Hall–Kier alpha value is -2.34. The molecule has 2 heterocycles. The van der Waals surface area contributed by atoms with Gasteiger partial charge in [-0.05, 0) is 29.6 Å². The van der Waals surface area contributed by atoms with Gasteiger partial charge in [-0.25, -0.2) is 4.98 Å². The van der Waals surface area contributed by atoms with Crippen molar-refractivity contribution in [1.29, 1.82) is 0 Å². The number of rotatable bonds is 3. The molecule has 0 atom stereocenters. The Morgan fingerprint density at radius 2 is 2.25 bits per heavy atom. The minimum absolute atomic E-state index is 0.0468. The first-order valence-electron chi connectivity index (χ1n) is 6.04. The lowest BCUT2D eigenvalue weighted by Gasteiger charge is -2.10. The molecule has 0 aliphatic carbocycles. The number of aromatic nitrogens is 2. The van der Waals surface area contributed by atoms with Gasteiger partial charge in [0.2, 0.25) is 0 Å². The highest BCUT2D eigenvalue weighted by Gasteiger charge is 2.09. The molecule has 5 nitrogen and oxygen atoms in total. The predicted octanol–water partition coefficient (Wildman–Crippen LogP) is 2.10. The van der Waals surface area contributed by atoms with Crippen LogP contribution in [0.2, 0.25) is 0 Å². The van der Waals surface area contributed by atoms with Crippen LogP contribution in [0.15, 0.2) is 40.8 Å². The molecule has 102 valence electrons. The molecule has 0 amide bonds. The fourth-order valence-corrected chi connectivity index (χ4v) is 2.89. The second kappa shape index (κ2) is 4.97. The molecule has 3 rings (SSSR count). The number of hydrogen-bond donors (Lipinski definition) is 1. The zero-order valence-corrected chi connectivity index (χ0v) is 11.7. The third-order valence-electron chi connectivity index (χ3n) is 3.08. The number of nitrogens with zero attached hydrogens (tertiary/aromatic N) is 2. The highest BCUT2D eigenvalue weighted by Crippen LogP contribution is 2.22. The number of thiophene rings is 1. The van der Waals surface area contributed by atoms with E-state index in [0.29, 0.717) is 22.7 Å². The number of ether oxygens (including phenoxy) is 1. The van der Waals surface area contributed by atoms with E-state index in [1.165, 1.54) is 11.3 Å². The lowest BCUT2D eigenvalue weighted by atomic mass is 10.1. The van der Waals surface area contributed by atoms with Gasteiger partial charge in [-0.15, -0.1) is 11.3 Å². The average Bonchev–Trinajstić information content (AvgIpc) is 2.91. The third-order valence-corrected chi connectivity index (χ3v) is 3.97. The molecule has 0 bridgehead atoms. The lowest BCUT2D eigenvalue weighted by molar-refractivity contribution is 0.408. The number of nitrogens with two attached hydrogens (primary N) is 1. The highest BCUT2D eigenvalue weighted by atomic mass is 32.1. The van der Waals surface area contributed by atoms with Gasteiger partial charge in [0.15, 0.2) is 0 Å². The number of benzene rings is 1. The maximum absolute atomic E-state index is 12.3. The third kappa shape index (κ3) is 2.14. The van der Waals surface area contributed by atoms with E-state index in [1.807, 2.05) is 17.5 Å². The molecule has 0 spiro atoms. The van der Waals surface area contributed by atoms with Gasteiger partial charge in [-0.2, -0.15) is 0 Å². The monoisotopic (exact) mass is 287 g/mol. The van der Waals surface area contributed by atoms with Gasteiger partial charge in [-0.1, -0.05) is 0 Å². The molecule has 0 aliphatic rings. The predicted molar refractivity (Wildman–Crippen MR) is 80.4 cm³/mol. The number of fused-ring (bicyclic) bond motifs is 1. The van der Waals surface area contributed by atoms with Gasteiger partial charge in [0, 0.05) is 11.3 Å². The van der Waals surface area contributed by atoms with Crippen LogP contribution in [0.4, 0.5) is 5.69 Å². The number of methoxy groups -OCH3 is 1. The van der Waals surface area contributed by atoms with E-state index in [0.717, 1.165) is 11.1 Å². The Bertz CT molecular complexity index is 823. The van der Waals surface area contributed by atoms with Crippen molar-refractivity contribution in [3.05, 3.63) is 51.9 Å². The molecular weight excluding hydrogens is 274 g/mol. The molecule has 3 aromatic rings. The van der Waals surface area contributed by atoms with E-state index in [-0.39, 0.29) is 5.56 Å². The maximum Gasteiger partial charge on any atom is 0.271 e. The van der Waals surface area contributed by atoms with Crippen molar-refractivity contribution in [3.8, 4) is 5.75 Å². The first kappa shape index (κ1) is 12.7. The van der Waals surface area contributed by atoms with Crippen LogP contribution in [0, 0.1) is 0 Å². The summed E-state index contributed by atoms with van der Waals surface area (Å²) in [6, 6.07) is 7.22. The minimum Gasteiger partial charge on any atom is -0.496 e. The van der Waals surface area contributed by atoms with E-state index in [2.05, 4.69) is 4.98 Å². The largest absolute Gasteiger partial charge is 0.496 e. The second-order valence-corrected chi connectivity index (χ2v) is 5.30. The van der Waals surface area contributed by atoms with Crippen molar-refractivity contribution in [2.24, 2.45) is 0 Å². The van der Waals surface area contributed by atoms with Gasteiger partial charge >= 0.3 is 0 Å². The molecule has 2 aromatic heterocycles. The summed E-state index contributed by atoms with van der Waals surface area (Å²) in [4.78, 5) is 16.6. The molecular formula is C14H13N3O2S. The van der Waals surface area contributed by atoms with E-state index in [1.54, 1.807) is 30.1 Å². The Morgan fingerprint density at radius 1 is 1.40 bits per heavy atom. The zero-order valence-electron chi connectivity index (χ0n) is 10.9. The Morgan fingerprint density at radius 3 is 3.05 bits per heavy atom. The Labute approximate surface area is 119 Å². The fourth-order valence-electron chi connectivity index (χ4n) is 2.10. The standard InChI is InChI=1S/C14H13N3O2S/c1-19-12-3-2-10(15)6-9(12)7-17-8-16-11-4-5-20-13(11)14(17)18/h2-6,8H,7,15H2,1H3. The summed E-state index contributed by atoms with van der Waals surface area (Å²) in [5.74, 6) is 0.706. The van der Waals surface area contributed by atoms with E-state index >= 15 is 0 Å². The van der Waals surface area contributed by atoms with Crippen molar-refractivity contribution in [2.45, 2.75) is 6.54 Å². The number of nitrogen functional groups attached to an aromatic ring is 1. The Kier molecular flexibility index (Phi) is 3.15. The highest BCUT2D eigenvalue weighted by molar-refractivity contribution is 7.17. The molecule has 1 aromatic carbocycles. The molecule has 0 aliphatic heterocycles. The van der Waals surface area contributed by atoms with Crippen LogP contribution in [0.1, 0.15) is 5.56 Å². The maximum atomic E-state index is 12.3. The van der Waals surface area contributed by atoms with Crippen molar-refractivity contribution in [2.75, 3.05) is 12.8 Å². The van der Waals surface area contributed by atoms with E-state index in [4.69, 9.17) is 10.5 Å². The lowest BCUT2D eigenvalue weighted by Crippen LogP contribution is -2.20. The average molecular weight is 287 g/mol. The van der Waals surface area contributed by atoms with Crippen molar-refractivity contribution < 1.29 is 4.74 Å². The van der Waals surface area contributed by atoms with Crippen molar-refractivity contribution in [1.82, 2.24) is 9.55 Å². The summed E-state index contributed by atoms with van der Waals surface area (Å²) in [6.07, 6.45) is 1.56. The first-order valence-corrected chi connectivity index (χ1v) is 6.92. The van der Waals surface area contributed by atoms with Crippen LogP contribution < -0.4 is 16.0 Å². The van der Waals surface area contributed by atoms with E-state index in [9.17, 15) is 4.79 Å². The molecule has 0 radical (unpaired) electrons. The van der Waals surface area contributed by atoms with Crippen LogP contribution in [-0.4, -0.2) is 16.7 Å². The summed E-state index contributed by atoms with van der Waals surface area (Å²) in [5, 5.41) is 1.87. The number of hydrogen-bond acceptors (Lipinski definition) is 5. The molecule has 0 saturated carbocycles. The van der Waals surface area contributed by atoms with Gasteiger partial charge in [0.25, 0.3) is 5.56 Å². The van der Waals surface area contributed by atoms with Crippen molar-refractivity contribution in [3.63, 3.8) is 0 Å². The second-order valence-electron chi connectivity index (χ2n) is 4.38. The van der Waals surface area contributed by atoms with Gasteiger partial charge in [0.05, 0.1) is 25.5 Å². The van der Waals surface area contributed by atoms with Gasteiger partial charge in [-0.3, -0.25) is 9.36 Å². The first-order chi connectivity index (χ1) is 9.69. The molecule has 6 heteroatoms. The summed E-state index contributed by atoms with van der Waals surface area (Å²) in [6.45, 7) is 0.383.